The Hall–Kier alpha value is -0.830. The van der Waals surface area contributed by atoms with Crippen molar-refractivity contribution in [2.24, 2.45) is 17.8 Å². The van der Waals surface area contributed by atoms with Crippen LogP contribution in [0.5, 0.6) is 0 Å². The maximum Gasteiger partial charge on any atom is 0.313 e. The molecule has 2 saturated heterocycles. The van der Waals surface area contributed by atoms with Crippen molar-refractivity contribution in [3.05, 3.63) is 12.2 Å². The molecule has 3 heteroatoms. The van der Waals surface area contributed by atoms with E-state index in [9.17, 15) is 4.79 Å². The van der Waals surface area contributed by atoms with Gasteiger partial charge in [0.05, 0.1) is 19.1 Å². The average Bonchev–Trinajstić information content (AvgIpc) is 2.53. The lowest BCUT2D eigenvalue weighted by Crippen LogP contribution is -2.46. The van der Waals surface area contributed by atoms with Crippen molar-refractivity contribution in [1.29, 1.82) is 0 Å². The van der Waals surface area contributed by atoms with E-state index in [1.165, 1.54) is 0 Å². The Labute approximate surface area is 70.3 Å². The number of esters is 1. The molecule has 0 amide bonds. The zero-order valence-corrected chi connectivity index (χ0v) is 6.60. The fourth-order valence-electron chi connectivity index (χ4n) is 2.40. The number of fused-ring (bicyclic) bond motifs is 1. The largest absolute Gasteiger partial charge is 0.457 e. The van der Waals surface area contributed by atoms with Gasteiger partial charge in [-0.25, -0.2) is 0 Å². The Kier molecular flexibility index (Phi) is 1.17. The summed E-state index contributed by atoms with van der Waals surface area (Å²) in [5, 5.41) is 0. The van der Waals surface area contributed by atoms with Crippen molar-refractivity contribution in [2.75, 3.05) is 13.2 Å². The highest BCUT2D eigenvalue weighted by Crippen LogP contribution is 2.41. The van der Waals surface area contributed by atoms with Crippen LogP contribution in [-0.4, -0.2) is 25.3 Å². The molecule has 0 aromatic carbocycles. The minimum Gasteiger partial charge on any atom is -0.457 e. The molecular weight excluding hydrogens is 156 g/mol. The SMILES string of the molecule is O=C1OC2C=CC1C1COCC21. The van der Waals surface area contributed by atoms with Gasteiger partial charge in [0.2, 0.25) is 0 Å². The summed E-state index contributed by atoms with van der Waals surface area (Å²) in [5.41, 5.74) is 0. The van der Waals surface area contributed by atoms with Crippen LogP contribution < -0.4 is 0 Å². The van der Waals surface area contributed by atoms with Gasteiger partial charge in [-0.05, 0) is 6.08 Å². The fraction of sp³-hybridized carbons (Fsp3) is 0.667. The highest BCUT2D eigenvalue weighted by molar-refractivity contribution is 5.77. The highest BCUT2D eigenvalue weighted by Gasteiger charge is 2.49. The number of ether oxygens (including phenoxy) is 2. The molecule has 0 N–H and O–H groups in total. The molecule has 0 aromatic rings. The van der Waals surface area contributed by atoms with E-state index < -0.39 is 0 Å². The van der Waals surface area contributed by atoms with Crippen LogP contribution in [0.3, 0.4) is 0 Å². The lowest BCUT2D eigenvalue weighted by Gasteiger charge is -2.38. The standard InChI is InChI=1S/C9H10O3/c10-9-5-1-2-8(12-9)7-4-11-3-6(5)7/h1-2,5-8H,3-4H2. The van der Waals surface area contributed by atoms with Crippen molar-refractivity contribution >= 4 is 5.97 Å². The van der Waals surface area contributed by atoms with Crippen molar-refractivity contribution in [3.8, 4) is 0 Å². The third-order valence-electron chi connectivity index (χ3n) is 3.09. The van der Waals surface area contributed by atoms with Crippen LogP contribution in [0.15, 0.2) is 12.2 Å². The maximum absolute atomic E-state index is 11.3. The van der Waals surface area contributed by atoms with Gasteiger partial charge in [0.1, 0.15) is 6.10 Å². The van der Waals surface area contributed by atoms with Crippen LogP contribution in [0.25, 0.3) is 0 Å². The topological polar surface area (TPSA) is 35.5 Å². The summed E-state index contributed by atoms with van der Waals surface area (Å²) >= 11 is 0. The summed E-state index contributed by atoms with van der Waals surface area (Å²) in [6.07, 6.45) is 3.98. The zero-order chi connectivity index (χ0) is 8.13. The van der Waals surface area contributed by atoms with E-state index in [1.54, 1.807) is 0 Å². The van der Waals surface area contributed by atoms with Gasteiger partial charge in [-0.3, -0.25) is 4.79 Å². The second-order valence-corrected chi connectivity index (χ2v) is 3.68. The first-order valence-electron chi connectivity index (χ1n) is 4.33. The quantitative estimate of drug-likeness (QED) is 0.385. The van der Waals surface area contributed by atoms with Gasteiger partial charge in [0.15, 0.2) is 0 Å². The number of hydrogen-bond donors (Lipinski definition) is 0. The van der Waals surface area contributed by atoms with Crippen LogP contribution in [0, 0.1) is 17.8 Å². The third kappa shape index (κ3) is 0.672. The number of rotatable bonds is 0. The van der Waals surface area contributed by atoms with Crippen LogP contribution in [-0.2, 0) is 14.3 Å². The van der Waals surface area contributed by atoms with Crippen LogP contribution in [0.4, 0.5) is 0 Å². The molecule has 12 heavy (non-hydrogen) atoms. The molecule has 4 rings (SSSR count). The second-order valence-electron chi connectivity index (χ2n) is 3.68. The minimum absolute atomic E-state index is 0.00463. The molecule has 2 fully saturated rings. The van der Waals surface area contributed by atoms with E-state index in [4.69, 9.17) is 9.47 Å². The van der Waals surface area contributed by atoms with Gasteiger partial charge in [-0.1, -0.05) is 6.08 Å². The summed E-state index contributed by atoms with van der Waals surface area (Å²) in [4.78, 5) is 11.3. The summed E-state index contributed by atoms with van der Waals surface area (Å²) < 4.78 is 10.5. The van der Waals surface area contributed by atoms with Crippen LogP contribution in [0.2, 0.25) is 0 Å². The van der Waals surface area contributed by atoms with Crippen molar-refractivity contribution in [3.63, 3.8) is 0 Å². The molecule has 1 aliphatic carbocycles. The van der Waals surface area contributed by atoms with Crippen molar-refractivity contribution in [1.82, 2.24) is 0 Å². The zero-order valence-electron chi connectivity index (χ0n) is 6.60. The Balaban J connectivity index is 2.02. The molecule has 4 aliphatic rings. The Morgan fingerprint density at radius 3 is 2.92 bits per heavy atom. The molecule has 3 nitrogen and oxygen atoms in total. The van der Waals surface area contributed by atoms with Gasteiger partial charge < -0.3 is 9.47 Å². The van der Waals surface area contributed by atoms with Crippen molar-refractivity contribution < 1.29 is 14.3 Å². The van der Waals surface area contributed by atoms with E-state index in [2.05, 4.69) is 0 Å². The maximum atomic E-state index is 11.3. The monoisotopic (exact) mass is 166 g/mol. The summed E-state index contributed by atoms with van der Waals surface area (Å²) in [6.45, 7) is 1.48. The molecule has 3 aliphatic heterocycles. The van der Waals surface area contributed by atoms with Crippen molar-refractivity contribution in [2.45, 2.75) is 6.10 Å². The number of hydrogen-bond acceptors (Lipinski definition) is 3. The lowest BCUT2D eigenvalue weighted by atomic mass is 9.74. The summed E-state index contributed by atoms with van der Waals surface area (Å²) in [7, 11) is 0. The molecule has 0 saturated carbocycles. The number of carbonyl (C=O) groups excluding carboxylic acids is 1. The molecule has 0 aromatic heterocycles. The average molecular weight is 166 g/mol. The first kappa shape index (κ1) is 6.66. The van der Waals surface area contributed by atoms with E-state index in [1.807, 2.05) is 12.2 Å². The molecule has 3 heterocycles. The van der Waals surface area contributed by atoms with Crippen LogP contribution >= 0.6 is 0 Å². The van der Waals surface area contributed by atoms with Gasteiger partial charge in [0.25, 0.3) is 0 Å². The second kappa shape index (κ2) is 2.10. The third-order valence-corrected chi connectivity index (χ3v) is 3.09. The van der Waals surface area contributed by atoms with Crippen LogP contribution in [0.1, 0.15) is 0 Å². The Bertz CT molecular complexity index is 258. The highest BCUT2D eigenvalue weighted by atomic mass is 16.6. The smallest absolute Gasteiger partial charge is 0.313 e. The predicted octanol–water partition coefficient (Wildman–Crippen LogP) is 0.360. The normalized spacial score (nSPS) is 49.2. The van der Waals surface area contributed by atoms with E-state index >= 15 is 0 Å². The van der Waals surface area contributed by atoms with Gasteiger partial charge in [-0.15, -0.1) is 0 Å². The molecule has 64 valence electrons. The minimum atomic E-state index is -0.0609. The van der Waals surface area contributed by atoms with E-state index in [-0.39, 0.29) is 18.0 Å². The van der Waals surface area contributed by atoms with Gasteiger partial charge in [0, 0.05) is 11.8 Å². The molecule has 0 radical (unpaired) electrons. The first-order chi connectivity index (χ1) is 5.86. The summed E-state index contributed by atoms with van der Waals surface area (Å²) in [5.74, 6) is 0.732. The Morgan fingerprint density at radius 2 is 2.08 bits per heavy atom. The van der Waals surface area contributed by atoms with E-state index in [0.717, 1.165) is 13.2 Å². The molecule has 0 spiro atoms. The molecule has 2 bridgehead atoms. The molecular formula is C9H10O3. The van der Waals surface area contributed by atoms with Gasteiger partial charge >= 0.3 is 5.97 Å². The van der Waals surface area contributed by atoms with E-state index in [0.29, 0.717) is 11.8 Å². The molecule has 4 atom stereocenters. The molecule has 4 unspecified atom stereocenters. The first-order valence-corrected chi connectivity index (χ1v) is 4.33. The van der Waals surface area contributed by atoms with Gasteiger partial charge in [-0.2, -0.15) is 0 Å². The predicted molar refractivity (Wildman–Crippen MR) is 40.3 cm³/mol. The Morgan fingerprint density at radius 1 is 1.25 bits per heavy atom. The lowest BCUT2D eigenvalue weighted by molar-refractivity contribution is -0.164. The fourth-order valence-corrected chi connectivity index (χ4v) is 2.40. The number of carbonyl (C=O) groups is 1. The summed E-state index contributed by atoms with van der Waals surface area (Å²) in [6, 6.07) is 0.